The summed E-state index contributed by atoms with van der Waals surface area (Å²) in [7, 11) is 0. The molecule has 0 bridgehead atoms. The maximum atomic E-state index is 8.87. The summed E-state index contributed by atoms with van der Waals surface area (Å²) in [6.07, 6.45) is 6.73. The zero-order chi connectivity index (χ0) is 17.5. The fourth-order valence-electron chi connectivity index (χ4n) is 3.87. The molecule has 1 heterocycles. The van der Waals surface area contributed by atoms with E-state index in [0.29, 0.717) is 18.2 Å². The van der Waals surface area contributed by atoms with Crippen LogP contribution in [0.1, 0.15) is 50.2 Å². The van der Waals surface area contributed by atoms with Gasteiger partial charge in [0, 0.05) is 31.7 Å². The van der Waals surface area contributed by atoms with Gasteiger partial charge >= 0.3 is 0 Å². The van der Waals surface area contributed by atoms with Crippen molar-refractivity contribution in [3.05, 3.63) is 35.4 Å². The fourth-order valence-corrected chi connectivity index (χ4v) is 3.87. The molecule has 2 aliphatic rings. The average Bonchev–Trinajstić information content (AvgIpc) is 3.32. The van der Waals surface area contributed by atoms with Crippen molar-refractivity contribution in [2.45, 2.75) is 57.7 Å². The van der Waals surface area contributed by atoms with Crippen molar-refractivity contribution in [2.24, 2.45) is 4.99 Å². The zero-order valence-electron chi connectivity index (χ0n) is 15.6. The minimum atomic E-state index is 0. The Morgan fingerprint density at radius 1 is 1.23 bits per heavy atom. The molecule has 26 heavy (non-hydrogen) atoms. The van der Waals surface area contributed by atoms with Gasteiger partial charge in [-0.25, -0.2) is 4.99 Å². The first kappa shape index (κ1) is 21.0. The number of rotatable bonds is 5. The number of hydrogen-bond acceptors (Lipinski definition) is 3. The lowest BCUT2D eigenvalue weighted by atomic mass is 10.1. The molecule has 5 nitrogen and oxygen atoms in total. The van der Waals surface area contributed by atoms with E-state index in [2.05, 4.69) is 28.5 Å². The third-order valence-corrected chi connectivity index (χ3v) is 5.25. The normalized spacial score (nSPS) is 21.2. The summed E-state index contributed by atoms with van der Waals surface area (Å²) in [5.74, 6) is 0.894. The topological polar surface area (TPSA) is 63.5 Å². The highest BCUT2D eigenvalue weighted by atomic mass is 127. The molecule has 0 radical (unpaired) electrons. The Hall–Kier alpha value is -1.33. The van der Waals surface area contributed by atoms with Crippen LogP contribution in [0.3, 0.4) is 0 Å². The van der Waals surface area contributed by atoms with Gasteiger partial charge < -0.3 is 10.6 Å². The third kappa shape index (κ3) is 5.85. The van der Waals surface area contributed by atoms with E-state index < -0.39 is 0 Å². The fraction of sp³-hybridized carbons (Fsp3) is 0.600. The number of halogens is 1. The predicted octanol–water partition coefficient (Wildman–Crippen LogP) is 3.25. The number of nitriles is 1. The Bertz CT molecular complexity index is 616. The number of nitrogens with one attached hydrogen (secondary N) is 2. The monoisotopic (exact) mass is 467 g/mol. The van der Waals surface area contributed by atoms with Crippen LogP contribution in [0.5, 0.6) is 0 Å². The molecule has 2 fully saturated rings. The van der Waals surface area contributed by atoms with Crippen molar-refractivity contribution in [2.75, 3.05) is 19.6 Å². The number of guanidine groups is 1. The molecule has 1 unspecified atom stereocenters. The largest absolute Gasteiger partial charge is 0.357 e. The first-order valence-electron chi connectivity index (χ1n) is 9.56. The molecular weight excluding hydrogens is 437 g/mol. The van der Waals surface area contributed by atoms with Crippen molar-refractivity contribution >= 4 is 29.9 Å². The van der Waals surface area contributed by atoms with Gasteiger partial charge in [0.15, 0.2) is 5.96 Å². The maximum Gasteiger partial charge on any atom is 0.191 e. The third-order valence-electron chi connectivity index (χ3n) is 5.25. The van der Waals surface area contributed by atoms with Crippen LogP contribution in [-0.2, 0) is 6.54 Å². The van der Waals surface area contributed by atoms with Crippen molar-refractivity contribution < 1.29 is 0 Å². The molecule has 142 valence electrons. The highest BCUT2D eigenvalue weighted by Gasteiger charge is 2.30. The molecule has 3 rings (SSSR count). The van der Waals surface area contributed by atoms with Gasteiger partial charge in [-0.15, -0.1) is 24.0 Å². The summed E-state index contributed by atoms with van der Waals surface area (Å²) in [6, 6.07) is 11.1. The van der Waals surface area contributed by atoms with Crippen molar-refractivity contribution in [1.82, 2.24) is 15.5 Å². The predicted molar refractivity (Wildman–Crippen MR) is 117 cm³/mol. The Kier molecular flexibility index (Phi) is 8.66. The van der Waals surface area contributed by atoms with Gasteiger partial charge in [-0.05, 0) is 43.9 Å². The SMILES string of the molecule is CCNC(=NCc1ccc(C#N)cc1)NC1CCN(C2CCCC2)C1.I. The summed E-state index contributed by atoms with van der Waals surface area (Å²) in [5.41, 5.74) is 1.81. The summed E-state index contributed by atoms with van der Waals surface area (Å²) >= 11 is 0. The molecule has 1 atom stereocenters. The number of likely N-dealkylation sites (tertiary alicyclic amines) is 1. The second-order valence-corrected chi connectivity index (χ2v) is 7.07. The first-order chi connectivity index (χ1) is 12.3. The smallest absolute Gasteiger partial charge is 0.191 e. The highest BCUT2D eigenvalue weighted by molar-refractivity contribution is 14.0. The molecule has 1 aromatic rings. The summed E-state index contributed by atoms with van der Waals surface area (Å²) in [4.78, 5) is 7.38. The minimum absolute atomic E-state index is 0. The molecule has 1 aromatic carbocycles. The second-order valence-electron chi connectivity index (χ2n) is 7.07. The van der Waals surface area contributed by atoms with Crippen molar-refractivity contribution in [3.8, 4) is 6.07 Å². The van der Waals surface area contributed by atoms with Crippen LogP contribution in [0.15, 0.2) is 29.3 Å². The van der Waals surface area contributed by atoms with Gasteiger partial charge in [0.1, 0.15) is 0 Å². The Morgan fingerprint density at radius 3 is 2.62 bits per heavy atom. The van der Waals surface area contributed by atoms with Gasteiger partial charge in [0.05, 0.1) is 18.2 Å². The minimum Gasteiger partial charge on any atom is -0.357 e. The molecule has 1 aliphatic heterocycles. The van der Waals surface area contributed by atoms with Gasteiger partial charge in [-0.1, -0.05) is 25.0 Å². The maximum absolute atomic E-state index is 8.87. The Labute approximate surface area is 174 Å². The molecule has 1 saturated carbocycles. The van der Waals surface area contributed by atoms with Gasteiger partial charge in [0.2, 0.25) is 0 Å². The van der Waals surface area contributed by atoms with Crippen LogP contribution >= 0.6 is 24.0 Å². The molecule has 0 aromatic heterocycles. The molecular formula is C20H30IN5. The van der Waals surface area contributed by atoms with Crippen molar-refractivity contribution in [1.29, 1.82) is 5.26 Å². The zero-order valence-corrected chi connectivity index (χ0v) is 17.9. The van der Waals surface area contributed by atoms with Crippen LogP contribution in [0.2, 0.25) is 0 Å². The van der Waals surface area contributed by atoms with Gasteiger partial charge in [-0.3, -0.25) is 4.90 Å². The van der Waals surface area contributed by atoms with E-state index in [1.54, 1.807) is 0 Å². The second kappa shape index (κ2) is 10.7. The van der Waals surface area contributed by atoms with Crippen LogP contribution < -0.4 is 10.6 Å². The van der Waals surface area contributed by atoms with Gasteiger partial charge in [-0.2, -0.15) is 5.26 Å². The standard InChI is InChI=1S/C20H29N5.HI/c1-2-22-20(23-14-17-9-7-16(13-21)8-10-17)24-18-11-12-25(15-18)19-5-3-4-6-19;/h7-10,18-19H,2-6,11-12,14-15H2,1H3,(H2,22,23,24);1H. The highest BCUT2D eigenvalue weighted by Crippen LogP contribution is 2.26. The van der Waals surface area contributed by atoms with Crippen LogP contribution in [0.4, 0.5) is 0 Å². The summed E-state index contributed by atoms with van der Waals surface area (Å²) < 4.78 is 0. The molecule has 6 heteroatoms. The van der Waals surface area contributed by atoms with E-state index in [1.165, 1.54) is 38.6 Å². The number of hydrogen-bond donors (Lipinski definition) is 2. The van der Waals surface area contributed by atoms with E-state index in [-0.39, 0.29) is 24.0 Å². The van der Waals surface area contributed by atoms with E-state index in [0.717, 1.165) is 30.7 Å². The van der Waals surface area contributed by atoms with E-state index in [1.807, 2.05) is 24.3 Å². The summed E-state index contributed by atoms with van der Waals surface area (Å²) in [6.45, 7) is 5.92. The molecule has 2 N–H and O–H groups in total. The van der Waals surface area contributed by atoms with Crippen LogP contribution in [0.25, 0.3) is 0 Å². The van der Waals surface area contributed by atoms with Gasteiger partial charge in [0.25, 0.3) is 0 Å². The van der Waals surface area contributed by atoms with Crippen LogP contribution in [0, 0.1) is 11.3 Å². The molecule has 1 saturated heterocycles. The van der Waals surface area contributed by atoms with Crippen LogP contribution in [-0.4, -0.2) is 42.6 Å². The average molecular weight is 467 g/mol. The quantitative estimate of drug-likeness (QED) is 0.397. The number of benzene rings is 1. The number of nitrogens with zero attached hydrogens (tertiary/aromatic N) is 3. The Morgan fingerprint density at radius 2 is 1.96 bits per heavy atom. The molecule has 0 spiro atoms. The van der Waals surface area contributed by atoms with Crippen molar-refractivity contribution in [3.63, 3.8) is 0 Å². The van der Waals surface area contributed by atoms with E-state index in [4.69, 9.17) is 10.3 Å². The van der Waals surface area contributed by atoms with E-state index >= 15 is 0 Å². The Balaban J connectivity index is 0.00000243. The summed E-state index contributed by atoms with van der Waals surface area (Å²) in [5, 5.41) is 15.8. The molecule has 0 amide bonds. The van der Waals surface area contributed by atoms with E-state index in [9.17, 15) is 0 Å². The lowest BCUT2D eigenvalue weighted by Gasteiger charge is -2.24. The lowest BCUT2D eigenvalue weighted by Crippen LogP contribution is -2.45. The molecule has 1 aliphatic carbocycles. The first-order valence-corrected chi connectivity index (χ1v) is 9.56. The lowest BCUT2D eigenvalue weighted by molar-refractivity contribution is 0.242. The number of aliphatic imine (C=N–C) groups is 1.